The Kier molecular flexibility index (Phi) is 4.61. The van der Waals surface area contributed by atoms with Gasteiger partial charge in [-0.15, -0.1) is 0 Å². The van der Waals surface area contributed by atoms with Gasteiger partial charge in [0.25, 0.3) is 0 Å². The summed E-state index contributed by atoms with van der Waals surface area (Å²) in [7, 11) is 0. The van der Waals surface area contributed by atoms with Crippen molar-refractivity contribution >= 4 is 23.2 Å². The molecule has 0 aliphatic heterocycles. The predicted molar refractivity (Wildman–Crippen MR) is 75.8 cm³/mol. The Morgan fingerprint density at radius 1 is 0.522 bits per heavy atom. The molecule has 0 bridgehead atoms. The van der Waals surface area contributed by atoms with Gasteiger partial charge in [-0.2, -0.15) is 26.3 Å². The van der Waals surface area contributed by atoms with Crippen LogP contribution < -0.4 is 0 Å². The SMILES string of the molecule is FC(F)(F)C(c1ccc(Cl)cc1)(c1ccc(Cl)cc1)C(F)(F)F. The third-order valence-electron chi connectivity index (χ3n) is 3.40. The van der Waals surface area contributed by atoms with Crippen molar-refractivity contribution in [2.24, 2.45) is 0 Å². The molecule has 0 amide bonds. The number of rotatable bonds is 2. The van der Waals surface area contributed by atoms with Crippen molar-refractivity contribution in [3.63, 3.8) is 0 Å². The van der Waals surface area contributed by atoms with Crippen molar-refractivity contribution in [3.05, 3.63) is 69.7 Å². The van der Waals surface area contributed by atoms with E-state index in [0.29, 0.717) is 0 Å². The summed E-state index contributed by atoms with van der Waals surface area (Å²) in [6.45, 7) is 0. The second-order valence-corrected chi connectivity index (χ2v) is 5.63. The van der Waals surface area contributed by atoms with Gasteiger partial charge in [-0.3, -0.25) is 0 Å². The van der Waals surface area contributed by atoms with Crippen LogP contribution in [-0.2, 0) is 5.41 Å². The van der Waals surface area contributed by atoms with E-state index in [1.54, 1.807) is 0 Å². The van der Waals surface area contributed by atoms with Crippen molar-refractivity contribution < 1.29 is 26.3 Å². The highest BCUT2D eigenvalue weighted by Crippen LogP contribution is 2.56. The molecule has 0 radical (unpaired) electrons. The summed E-state index contributed by atoms with van der Waals surface area (Å²) in [6.07, 6.45) is -11.2. The molecule has 124 valence electrons. The number of alkyl halides is 6. The van der Waals surface area contributed by atoms with Gasteiger partial charge < -0.3 is 0 Å². The monoisotopic (exact) mass is 372 g/mol. The Bertz CT molecular complexity index is 610. The lowest BCUT2D eigenvalue weighted by Gasteiger charge is -2.38. The van der Waals surface area contributed by atoms with Gasteiger partial charge in [0.15, 0.2) is 0 Å². The Hall–Kier alpha value is -1.40. The first kappa shape index (κ1) is 17.9. The van der Waals surface area contributed by atoms with Crippen molar-refractivity contribution in [3.8, 4) is 0 Å². The van der Waals surface area contributed by atoms with Crippen LogP contribution in [-0.4, -0.2) is 12.4 Å². The first-order valence-electron chi connectivity index (χ1n) is 6.15. The van der Waals surface area contributed by atoms with E-state index in [0.717, 1.165) is 48.5 Å². The zero-order valence-corrected chi connectivity index (χ0v) is 12.7. The standard InChI is InChI=1S/C15H8Cl2F6/c16-11-5-1-9(2-6-11)13(14(18,19)20,15(21,22)23)10-3-7-12(17)8-4-10/h1-8H. The summed E-state index contributed by atoms with van der Waals surface area (Å²) in [5, 5.41) is 0.0613. The van der Waals surface area contributed by atoms with Crippen LogP contribution in [0, 0.1) is 0 Å². The summed E-state index contributed by atoms with van der Waals surface area (Å²) in [5.41, 5.74) is -6.11. The molecule has 0 spiro atoms. The molecule has 0 fully saturated rings. The summed E-state index contributed by atoms with van der Waals surface area (Å²) >= 11 is 11.2. The fourth-order valence-electron chi connectivity index (χ4n) is 2.38. The molecule has 0 N–H and O–H groups in total. The fourth-order valence-corrected chi connectivity index (χ4v) is 2.63. The number of benzene rings is 2. The van der Waals surface area contributed by atoms with E-state index in [4.69, 9.17) is 23.2 Å². The molecule has 0 saturated carbocycles. The van der Waals surface area contributed by atoms with Gasteiger partial charge in [0.05, 0.1) is 0 Å². The number of halogens is 8. The molecule has 0 aliphatic carbocycles. The van der Waals surface area contributed by atoms with Crippen LogP contribution in [0.2, 0.25) is 10.0 Å². The van der Waals surface area contributed by atoms with Crippen LogP contribution in [0.5, 0.6) is 0 Å². The molecule has 2 aromatic rings. The molecule has 23 heavy (non-hydrogen) atoms. The topological polar surface area (TPSA) is 0 Å². The maximum Gasteiger partial charge on any atom is 0.411 e. The average Bonchev–Trinajstić information content (AvgIpc) is 2.40. The first-order chi connectivity index (χ1) is 10.5. The third kappa shape index (κ3) is 3.02. The largest absolute Gasteiger partial charge is 0.411 e. The Balaban J connectivity index is 2.86. The molecule has 0 atom stereocenters. The zero-order chi connectivity index (χ0) is 17.5. The molecular weight excluding hydrogens is 365 g/mol. The zero-order valence-electron chi connectivity index (χ0n) is 11.1. The Labute approximate surface area is 137 Å². The minimum atomic E-state index is -5.62. The second kappa shape index (κ2) is 5.91. The highest BCUT2D eigenvalue weighted by atomic mass is 35.5. The van der Waals surface area contributed by atoms with Gasteiger partial charge in [0.2, 0.25) is 5.41 Å². The van der Waals surface area contributed by atoms with Crippen LogP contribution in [0.15, 0.2) is 48.5 Å². The van der Waals surface area contributed by atoms with E-state index in [-0.39, 0.29) is 10.0 Å². The van der Waals surface area contributed by atoms with Crippen LogP contribution in [0.1, 0.15) is 11.1 Å². The predicted octanol–water partition coefficient (Wildman–Crippen LogP) is 6.40. The van der Waals surface area contributed by atoms with Gasteiger partial charge >= 0.3 is 12.4 Å². The van der Waals surface area contributed by atoms with E-state index >= 15 is 0 Å². The van der Waals surface area contributed by atoms with E-state index in [2.05, 4.69) is 0 Å². The minimum absolute atomic E-state index is 0.0307. The average molecular weight is 373 g/mol. The molecule has 0 heterocycles. The second-order valence-electron chi connectivity index (χ2n) is 4.76. The lowest BCUT2D eigenvalue weighted by atomic mass is 9.73. The fraction of sp³-hybridized carbons (Fsp3) is 0.200. The van der Waals surface area contributed by atoms with E-state index < -0.39 is 28.9 Å². The lowest BCUT2D eigenvalue weighted by Crippen LogP contribution is -2.54. The molecular formula is C15H8Cl2F6. The third-order valence-corrected chi connectivity index (χ3v) is 3.91. The van der Waals surface area contributed by atoms with E-state index in [1.165, 1.54) is 0 Å². The van der Waals surface area contributed by atoms with Crippen LogP contribution in [0.25, 0.3) is 0 Å². The molecule has 2 rings (SSSR count). The summed E-state index contributed by atoms with van der Waals surface area (Å²) in [5.74, 6) is 0. The summed E-state index contributed by atoms with van der Waals surface area (Å²) < 4.78 is 81.9. The highest BCUT2D eigenvalue weighted by molar-refractivity contribution is 6.30. The Morgan fingerprint density at radius 2 is 0.783 bits per heavy atom. The molecule has 0 unspecified atom stereocenters. The number of hydrogen-bond donors (Lipinski definition) is 0. The van der Waals surface area contributed by atoms with Crippen LogP contribution in [0.4, 0.5) is 26.3 Å². The summed E-state index contributed by atoms with van der Waals surface area (Å²) in [4.78, 5) is 0. The highest BCUT2D eigenvalue weighted by Gasteiger charge is 2.72. The molecule has 8 heteroatoms. The van der Waals surface area contributed by atoms with Gasteiger partial charge in [-0.05, 0) is 35.4 Å². The summed E-state index contributed by atoms with van der Waals surface area (Å²) in [6, 6.07) is 6.82. The van der Waals surface area contributed by atoms with Gasteiger partial charge in [0.1, 0.15) is 0 Å². The van der Waals surface area contributed by atoms with Crippen molar-refractivity contribution in [2.45, 2.75) is 17.8 Å². The van der Waals surface area contributed by atoms with Crippen LogP contribution >= 0.6 is 23.2 Å². The molecule has 0 nitrogen and oxygen atoms in total. The van der Waals surface area contributed by atoms with Crippen LogP contribution in [0.3, 0.4) is 0 Å². The van der Waals surface area contributed by atoms with Crippen molar-refractivity contribution in [1.82, 2.24) is 0 Å². The molecule has 0 aliphatic rings. The van der Waals surface area contributed by atoms with Gasteiger partial charge in [-0.25, -0.2) is 0 Å². The maximum atomic E-state index is 13.7. The van der Waals surface area contributed by atoms with Gasteiger partial charge in [-0.1, -0.05) is 47.5 Å². The van der Waals surface area contributed by atoms with E-state index in [9.17, 15) is 26.3 Å². The van der Waals surface area contributed by atoms with Gasteiger partial charge in [0, 0.05) is 10.0 Å². The molecule has 0 aromatic heterocycles. The normalized spacial score (nSPS) is 13.2. The molecule has 2 aromatic carbocycles. The van der Waals surface area contributed by atoms with Crippen molar-refractivity contribution in [2.75, 3.05) is 0 Å². The van der Waals surface area contributed by atoms with E-state index in [1.807, 2.05) is 0 Å². The number of hydrogen-bond acceptors (Lipinski definition) is 0. The Morgan fingerprint density at radius 3 is 1.00 bits per heavy atom. The smallest absolute Gasteiger partial charge is 0.169 e. The minimum Gasteiger partial charge on any atom is -0.169 e. The maximum absolute atomic E-state index is 13.7. The molecule has 0 saturated heterocycles. The van der Waals surface area contributed by atoms with Crippen molar-refractivity contribution in [1.29, 1.82) is 0 Å². The quantitative estimate of drug-likeness (QED) is 0.534. The lowest BCUT2D eigenvalue weighted by molar-refractivity contribution is -0.288. The first-order valence-corrected chi connectivity index (χ1v) is 6.91.